The summed E-state index contributed by atoms with van der Waals surface area (Å²) < 4.78 is 4.77. The van der Waals surface area contributed by atoms with Crippen LogP contribution in [0.4, 0.5) is 0 Å². The second kappa shape index (κ2) is 6.70. The summed E-state index contributed by atoms with van der Waals surface area (Å²) in [6.07, 6.45) is 1.99. The Labute approximate surface area is 124 Å². The molecule has 0 radical (unpaired) electrons. The van der Waals surface area contributed by atoms with Crippen LogP contribution in [0.3, 0.4) is 0 Å². The number of thiophene rings is 1. The third kappa shape index (κ3) is 3.59. The van der Waals surface area contributed by atoms with Gasteiger partial charge in [-0.1, -0.05) is 0 Å². The lowest BCUT2D eigenvalue weighted by atomic mass is 9.93. The van der Waals surface area contributed by atoms with Crippen molar-refractivity contribution < 1.29 is 14.6 Å². The van der Waals surface area contributed by atoms with Crippen LogP contribution in [0.25, 0.3) is 0 Å². The number of hydrogen-bond acceptors (Lipinski definition) is 5. The summed E-state index contributed by atoms with van der Waals surface area (Å²) >= 11 is 1.49. The van der Waals surface area contributed by atoms with Crippen LogP contribution in [-0.4, -0.2) is 42.3 Å². The molecular formula is C15H23NO3S. The minimum atomic E-state index is -0.259. The van der Waals surface area contributed by atoms with E-state index < -0.39 is 0 Å². The molecule has 112 valence electrons. The van der Waals surface area contributed by atoms with Gasteiger partial charge in [-0.25, -0.2) is 4.79 Å². The predicted molar refractivity (Wildman–Crippen MR) is 80.1 cm³/mol. The summed E-state index contributed by atoms with van der Waals surface area (Å²) in [7, 11) is 1.41. The van der Waals surface area contributed by atoms with Gasteiger partial charge in [0.2, 0.25) is 0 Å². The molecule has 1 saturated heterocycles. The van der Waals surface area contributed by atoms with E-state index in [2.05, 4.69) is 4.90 Å². The second-order valence-electron chi connectivity index (χ2n) is 5.56. The van der Waals surface area contributed by atoms with Gasteiger partial charge >= 0.3 is 5.97 Å². The van der Waals surface area contributed by atoms with E-state index in [-0.39, 0.29) is 12.1 Å². The van der Waals surface area contributed by atoms with Crippen molar-refractivity contribution in [3.05, 3.63) is 21.4 Å². The molecule has 0 spiro atoms. The fourth-order valence-corrected chi connectivity index (χ4v) is 3.70. The Hall–Kier alpha value is -0.910. The molecule has 0 bridgehead atoms. The number of nitrogens with zero attached hydrogens (tertiary/aromatic N) is 1. The lowest BCUT2D eigenvalue weighted by Crippen LogP contribution is -2.39. The van der Waals surface area contributed by atoms with E-state index in [0.717, 1.165) is 32.5 Å². The molecule has 0 amide bonds. The van der Waals surface area contributed by atoms with E-state index in [4.69, 9.17) is 4.74 Å². The number of likely N-dealkylation sites (tertiary alicyclic amines) is 1. The highest BCUT2D eigenvalue weighted by molar-refractivity contribution is 7.14. The van der Waals surface area contributed by atoms with Crippen LogP contribution in [0.15, 0.2) is 6.07 Å². The first kappa shape index (κ1) is 15.5. The number of hydrogen-bond donors (Lipinski definition) is 1. The monoisotopic (exact) mass is 297 g/mol. The predicted octanol–water partition coefficient (Wildman–Crippen LogP) is 2.44. The van der Waals surface area contributed by atoms with E-state index in [1.807, 2.05) is 19.9 Å². The number of piperidine rings is 1. The molecule has 4 nitrogen and oxygen atoms in total. The van der Waals surface area contributed by atoms with Gasteiger partial charge in [0.15, 0.2) is 0 Å². The summed E-state index contributed by atoms with van der Waals surface area (Å²) in [4.78, 5) is 15.8. The van der Waals surface area contributed by atoms with Crippen molar-refractivity contribution >= 4 is 17.3 Å². The van der Waals surface area contributed by atoms with Crippen LogP contribution in [0.5, 0.6) is 0 Å². The molecule has 0 saturated carbocycles. The highest BCUT2D eigenvalue weighted by Gasteiger charge is 2.24. The molecule has 1 aromatic heterocycles. The number of esters is 1. The summed E-state index contributed by atoms with van der Waals surface area (Å²) in [5, 5.41) is 9.74. The molecular weight excluding hydrogens is 274 g/mol. The normalized spacial score (nSPS) is 21.7. The molecule has 2 atom stereocenters. The van der Waals surface area contributed by atoms with E-state index in [9.17, 15) is 9.90 Å². The maximum atomic E-state index is 11.6. The minimum absolute atomic E-state index is 0.244. The summed E-state index contributed by atoms with van der Waals surface area (Å²) in [5.41, 5.74) is 1.20. The number of ether oxygens (including phenoxy) is 1. The van der Waals surface area contributed by atoms with Gasteiger partial charge in [0.25, 0.3) is 0 Å². The maximum Gasteiger partial charge on any atom is 0.348 e. The van der Waals surface area contributed by atoms with Gasteiger partial charge in [-0.2, -0.15) is 0 Å². The minimum Gasteiger partial charge on any atom is -0.465 e. The molecule has 1 aromatic rings. The van der Waals surface area contributed by atoms with Crippen LogP contribution in [0, 0.1) is 12.8 Å². The fourth-order valence-electron chi connectivity index (χ4n) is 2.75. The lowest BCUT2D eigenvalue weighted by Gasteiger charge is -2.34. The van der Waals surface area contributed by atoms with Crippen LogP contribution in [-0.2, 0) is 11.3 Å². The van der Waals surface area contributed by atoms with Gasteiger partial charge in [0.1, 0.15) is 4.88 Å². The quantitative estimate of drug-likeness (QED) is 0.867. The average molecular weight is 297 g/mol. The second-order valence-corrected chi connectivity index (χ2v) is 6.82. The average Bonchev–Trinajstić information content (AvgIpc) is 2.79. The molecule has 1 aliphatic rings. The number of carbonyl (C=O) groups is 1. The molecule has 20 heavy (non-hydrogen) atoms. The number of carbonyl (C=O) groups excluding carboxylic acids is 1. The smallest absolute Gasteiger partial charge is 0.348 e. The first-order valence-corrected chi connectivity index (χ1v) is 7.91. The Bertz CT molecular complexity index is 470. The first-order valence-electron chi connectivity index (χ1n) is 7.09. The maximum absolute atomic E-state index is 11.6. The van der Waals surface area contributed by atoms with Gasteiger partial charge in [-0.3, -0.25) is 4.90 Å². The van der Waals surface area contributed by atoms with Gasteiger partial charge in [-0.05, 0) is 50.8 Å². The Morgan fingerprint density at radius 3 is 3.05 bits per heavy atom. The number of rotatable bonds is 4. The van der Waals surface area contributed by atoms with Crippen molar-refractivity contribution in [1.82, 2.24) is 4.90 Å². The zero-order chi connectivity index (χ0) is 14.7. The van der Waals surface area contributed by atoms with Gasteiger partial charge in [0, 0.05) is 18.0 Å². The lowest BCUT2D eigenvalue weighted by molar-refractivity contribution is 0.0597. The van der Waals surface area contributed by atoms with E-state index in [1.165, 1.54) is 28.9 Å². The van der Waals surface area contributed by atoms with Crippen molar-refractivity contribution in [2.24, 2.45) is 5.92 Å². The molecule has 0 aromatic carbocycles. The van der Waals surface area contributed by atoms with Crippen LogP contribution < -0.4 is 0 Å². The highest BCUT2D eigenvalue weighted by Crippen LogP contribution is 2.26. The van der Waals surface area contributed by atoms with Crippen LogP contribution in [0.1, 0.15) is 39.9 Å². The number of aliphatic hydroxyl groups excluding tert-OH is 1. The Kier molecular flexibility index (Phi) is 5.18. The van der Waals surface area contributed by atoms with E-state index in [1.54, 1.807) is 0 Å². The van der Waals surface area contributed by atoms with Crippen molar-refractivity contribution in [2.45, 2.75) is 39.3 Å². The van der Waals surface area contributed by atoms with Crippen molar-refractivity contribution in [2.75, 3.05) is 20.2 Å². The number of methoxy groups -OCH3 is 1. The fraction of sp³-hybridized carbons (Fsp3) is 0.667. The van der Waals surface area contributed by atoms with Crippen molar-refractivity contribution in [3.63, 3.8) is 0 Å². The molecule has 1 aliphatic heterocycles. The van der Waals surface area contributed by atoms with E-state index in [0.29, 0.717) is 10.8 Å². The standard InChI is InChI=1S/C15H23NO3S/c1-10(17)12-5-4-6-16(8-12)9-13-7-14(15(18)19-3)20-11(13)2/h7,10,12,17H,4-6,8-9H2,1-3H3. The van der Waals surface area contributed by atoms with Crippen LogP contribution >= 0.6 is 11.3 Å². The Morgan fingerprint density at radius 2 is 2.40 bits per heavy atom. The zero-order valence-corrected chi connectivity index (χ0v) is 13.2. The summed E-state index contributed by atoms with van der Waals surface area (Å²) in [6, 6.07) is 1.94. The molecule has 2 rings (SSSR count). The zero-order valence-electron chi connectivity index (χ0n) is 12.4. The molecule has 2 heterocycles. The first-order chi connectivity index (χ1) is 9.51. The third-order valence-corrected chi connectivity index (χ3v) is 5.10. The Balaban J connectivity index is 2.02. The molecule has 5 heteroatoms. The van der Waals surface area contributed by atoms with Crippen LogP contribution in [0.2, 0.25) is 0 Å². The highest BCUT2D eigenvalue weighted by atomic mass is 32.1. The largest absolute Gasteiger partial charge is 0.465 e. The molecule has 1 N–H and O–H groups in total. The topological polar surface area (TPSA) is 49.8 Å². The molecule has 2 unspecified atom stereocenters. The number of aliphatic hydroxyl groups is 1. The molecule has 1 fully saturated rings. The van der Waals surface area contributed by atoms with Gasteiger partial charge in [0.05, 0.1) is 13.2 Å². The SMILES string of the molecule is COC(=O)c1cc(CN2CCCC(C(C)O)C2)c(C)s1. The van der Waals surface area contributed by atoms with Crippen molar-refractivity contribution in [1.29, 1.82) is 0 Å². The van der Waals surface area contributed by atoms with Gasteiger partial charge in [-0.15, -0.1) is 11.3 Å². The summed E-state index contributed by atoms with van der Waals surface area (Å²) in [6.45, 7) is 6.76. The Morgan fingerprint density at radius 1 is 1.65 bits per heavy atom. The molecule has 0 aliphatic carbocycles. The van der Waals surface area contributed by atoms with Gasteiger partial charge < -0.3 is 9.84 Å². The number of aryl methyl sites for hydroxylation is 1. The van der Waals surface area contributed by atoms with Crippen molar-refractivity contribution in [3.8, 4) is 0 Å². The third-order valence-electron chi connectivity index (χ3n) is 4.03. The summed E-state index contributed by atoms with van der Waals surface area (Å²) in [5.74, 6) is 0.104. The van der Waals surface area contributed by atoms with E-state index >= 15 is 0 Å².